The number of anilines is 2. The molecule has 0 atom stereocenters. The Kier molecular flexibility index (Phi) is 4.06. The topological polar surface area (TPSA) is 70.1 Å². The van der Waals surface area contributed by atoms with Gasteiger partial charge in [0.05, 0.1) is 11.2 Å². The van der Waals surface area contributed by atoms with Crippen LogP contribution in [0.5, 0.6) is 0 Å². The first-order valence-corrected chi connectivity index (χ1v) is 9.14. The third-order valence-electron chi connectivity index (χ3n) is 3.84. The predicted molar refractivity (Wildman–Crippen MR) is 94.4 cm³/mol. The summed E-state index contributed by atoms with van der Waals surface area (Å²) in [4.78, 5) is 13.7. The van der Waals surface area contributed by atoms with Gasteiger partial charge in [-0.2, -0.15) is 0 Å². The third kappa shape index (κ3) is 3.12. The maximum atomic E-state index is 4.62. The molecule has 1 aliphatic rings. The summed E-state index contributed by atoms with van der Waals surface area (Å²) in [5.74, 6) is 0. The van der Waals surface area contributed by atoms with E-state index in [0.717, 1.165) is 58.3 Å². The van der Waals surface area contributed by atoms with Crippen LogP contribution < -0.4 is 10.2 Å². The molecule has 1 saturated heterocycles. The fraction of sp³-hybridized carbons (Fsp3) is 0.429. The van der Waals surface area contributed by atoms with E-state index in [1.54, 1.807) is 28.9 Å². The normalized spacial score (nSPS) is 16.1. The molecule has 4 rings (SSSR count). The number of fused-ring (bicyclic) bond motifs is 1. The van der Waals surface area contributed by atoms with Crippen molar-refractivity contribution in [2.45, 2.75) is 6.54 Å². The molecule has 0 saturated carbocycles. The minimum atomic E-state index is 0.861. The molecule has 3 aromatic rings. The zero-order valence-electron chi connectivity index (χ0n) is 12.8. The lowest BCUT2D eigenvalue weighted by molar-refractivity contribution is 0.249. The number of aromatic nitrogens is 4. The smallest absolute Gasteiger partial charge is 0.210 e. The van der Waals surface area contributed by atoms with Gasteiger partial charge in [-0.05, 0) is 12.1 Å². The molecule has 1 aliphatic heterocycles. The Labute approximate surface area is 142 Å². The molecule has 0 spiro atoms. The van der Waals surface area contributed by atoms with Gasteiger partial charge in [0.2, 0.25) is 10.3 Å². The fourth-order valence-electron chi connectivity index (χ4n) is 2.61. The van der Waals surface area contributed by atoms with Crippen molar-refractivity contribution in [2.75, 3.05) is 43.4 Å². The second-order valence-electron chi connectivity index (χ2n) is 5.34. The van der Waals surface area contributed by atoms with E-state index < -0.39 is 0 Å². The molecule has 4 heterocycles. The molecule has 0 aromatic carbocycles. The van der Waals surface area contributed by atoms with Gasteiger partial charge >= 0.3 is 0 Å². The Bertz CT molecular complexity index is 758. The standard InChI is InChI=1S/C14H17N7S2/c1-15-13-18-19-14(23-13)21-7-5-20(6-8-21)9-11-17-12-10(22-11)3-2-4-16-12/h2-4H,5-9H2,1H3,(H,15,18). The van der Waals surface area contributed by atoms with Gasteiger partial charge in [0.15, 0.2) is 5.65 Å². The van der Waals surface area contributed by atoms with E-state index in [-0.39, 0.29) is 0 Å². The van der Waals surface area contributed by atoms with Crippen LogP contribution in [0.15, 0.2) is 18.3 Å². The molecular formula is C14H17N7S2. The summed E-state index contributed by atoms with van der Waals surface area (Å²) in [6.07, 6.45) is 1.80. The van der Waals surface area contributed by atoms with Crippen LogP contribution >= 0.6 is 22.7 Å². The van der Waals surface area contributed by atoms with Crippen molar-refractivity contribution in [3.05, 3.63) is 23.3 Å². The van der Waals surface area contributed by atoms with Crippen LogP contribution in [0.4, 0.5) is 10.3 Å². The maximum Gasteiger partial charge on any atom is 0.210 e. The molecule has 0 aliphatic carbocycles. The highest BCUT2D eigenvalue weighted by Gasteiger charge is 2.21. The lowest BCUT2D eigenvalue weighted by atomic mass is 10.3. The SMILES string of the molecule is CNc1nnc(N2CCN(Cc3nc4ncccc4s3)CC2)s1. The predicted octanol–water partition coefficient (Wildman–Crippen LogP) is 1.91. The van der Waals surface area contributed by atoms with Gasteiger partial charge in [-0.25, -0.2) is 9.97 Å². The zero-order chi connectivity index (χ0) is 15.6. The molecule has 9 heteroatoms. The van der Waals surface area contributed by atoms with E-state index in [2.05, 4.69) is 41.3 Å². The number of nitrogens with zero attached hydrogens (tertiary/aromatic N) is 6. The van der Waals surface area contributed by atoms with Crippen LogP contribution in [0.2, 0.25) is 0 Å². The molecule has 0 bridgehead atoms. The summed E-state index contributed by atoms with van der Waals surface area (Å²) in [7, 11) is 1.87. The number of rotatable bonds is 4. The second kappa shape index (κ2) is 6.34. The fourth-order valence-corrected chi connectivity index (χ4v) is 4.33. The number of hydrogen-bond donors (Lipinski definition) is 1. The first-order chi connectivity index (χ1) is 11.3. The van der Waals surface area contributed by atoms with Crippen LogP contribution in [-0.2, 0) is 6.54 Å². The number of nitrogens with one attached hydrogen (secondary N) is 1. The van der Waals surface area contributed by atoms with E-state index in [9.17, 15) is 0 Å². The van der Waals surface area contributed by atoms with Crippen molar-refractivity contribution in [1.82, 2.24) is 25.1 Å². The Morgan fingerprint density at radius 2 is 2.04 bits per heavy atom. The highest BCUT2D eigenvalue weighted by atomic mass is 32.1. The van der Waals surface area contributed by atoms with E-state index in [1.165, 1.54) is 0 Å². The zero-order valence-corrected chi connectivity index (χ0v) is 14.4. The van der Waals surface area contributed by atoms with Crippen LogP contribution in [0.3, 0.4) is 0 Å². The van der Waals surface area contributed by atoms with Gasteiger partial charge in [-0.1, -0.05) is 11.3 Å². The molecule has 0 amide bonds. The quantitative estimate of drug-likeness (QED) is 0.773. The van der Waals surface area contributed by atoms with Crippen molar-refractivity contribution < 1.29 is 0 Å². The first kappa shape index (κ1) is 14.7. The molecular weight excluding hydrogens is 330 g/mol. The summed E-state index contributed by atoms with van der Waals surface area (Å²) in [5.41, 5.74) is 0.861. The largest absolute Gasteiger partial charge is 0.363 e. The lowest BCUT2D eigenvalue weighted by Gasteiger charge is -2.33. The summed E-state index contributed by atoms with van der Waals surface area (Å²) in [5, 5.41) is 14.4. The Morgan fingerprint density at radius 1 is 1.17 bits per heavy atom. The van der Waals surface area contributed by atoms with Crippen LogP contribution in [0.25, 0.3) is 10.3 Å². The minimum Gasteiger partial charge on any atom is -0.363 e. The molecule has 0 unspecified atom stereocenters. The number of hydrogen-bond acceptors (Lipinski definition) is 9. The third-order valence-corrected chi connectivity index (χ3v) is 5.84. The monoisotopic (exact) mass is 347 g/mol. The van der Waals surface area contributed by atoms with Crippen LogP contribution in [0.1, 0.15) is 5.01 Å². The molecule has 1 fully saturated rings. The highest BCUT2D eigenvalue weighted by Crippen LogP contribution is 2.25. The summed E-state index contributed by atoms with van der Waals surface area (Å²) < 4.78 is 1.16. The van der Waals surface area contributed by atoms with E-state index in [4.69, 9.17) is 0 Å². The van der Waals surface area contributed by atoms with E-state index in [1.807, 2.05) is 13.1 Å². The number of piperazine rings is 1. The van der Waals surface area contributed by atoms with E-state index in [0.29, 0.717) is 0 Å². The molecule has 3 aromatic heterocycles. The number of thiazole rings is 1. The molecule has 0 radical (unpaired) electrons. The van der Waals surface area contributed by atoms with Gasteiger partial charge in [0.25, 0.3) is 0 Å². The summed E-state index contributed by atoms with van der Waals surface area (Å²) in [6.45, 7) is 4.87. The molecule has 23 heavy (non-hydrogen) atoms. The molecule has 120 valence electrons. The van der Waals surface area contributed by atoms with Crippen LogP contribution in [0, 0.1) is 0 Å². The van der Waals surface area contributed by atoms with Crippen LogP contribution in [-0.4, -0.2) is 58.3 Å². The van der Waals surface area contributed by atoms with Gasteiger partial charge in [-0.3, -0.25) is 4.90 Å². The summed E-state index contributed by atoms with van der Waals surface area (Å²) in [6, 6.07) is 4.04. The van der Waals surface area contributed by atoms with Gasteiger partial charge < -0.3 is 10.2 Å². The second-order valence-corrected chi connectivity index (χ2v) is 7.41. The first-order valence-electron chi connectivity index (χ1n) is 7.51. The average molecular weight is 347 g/mol. The van der Waals surface area contributed by atoms with Crippen molar-refractivity contribution in [1.29, 1.82) is 0 Å². The molecule has 1 N–H and O–H groups in total. The molecule has 7 nitrogen and oxygen atoms in total. The minimum absolute atomic E-state index is 0.861. The van der Waals surface area contributed by atoms with Crippen molar-refractivity contribution >= 4 is 43.3 Å². The van der Waals surface area contributed by atoms with Gasteiger partial charge in [0.1, 0.15) is 5.01 Å². The lowest BCUT2D eigenvalue weighted by Crippen LogP contribution is -2.45. The van der Waals surface area contributed by atoms with Crippen molar-refractivity contribution in [3.63, 3.8) is 0 Å². The van der Waals surface area contributed by atoms with Crippen molar-refractivity contribution in [2.24, 2.45) is 0 Å². The average Bonchev–Trinajstić information content (AvgIpc) is 3.21. The Hall–Kier alpha value is -1.84. The van der Waals surface area contributed by atoms with Gasteiger partial charge in [-0.15, -0.1) is 21.5 Å². The highest BCUT2D eigenvalue weighted by molar-refractivity contribution is 7.19. The summed E-state index contributed by atoms with van der Waals surface area (Å²) >= 11 is 3.34. The Balaban J connectivity index is 1.37. The maximum absolute atomic E-state index is 4.62. The van der Waals surface area contributed by atoms with Gasteiger partial charge in [0, 0.05) is 39.4 Å². The van der Waals surface area contributed by atoms with E-state index >= 15 is 0 Å². The number of pyridine rings is 1. The Morgan fingerprint density at radius 3 is 2.78 bits per heavy atom. The van der Waals surface area contributed by atoms with Crippen molar-refractivity contribution in [3.8, 4) is 0 Å².